The molecule has 4 rings (SSSR count). The molecule has 0 saturated carbocycles. The summed E-state index contributed by atoms with van der Waals surface area (Å²) in [6.07, 6.45) is 9.42. The molecular weight excluding hydrogens is 495 g/mol. The topological polar surface area (TPSA) is 76.8 Å². The van der Waals surface area contributed by atoms with Crippen LogP contribution in [0.15, 0.2) is 4.99 Å². The molecule has 3 aliphatic heterocycles. The first-order valence-electron chi connectivity index (χ1n) is 11.5. The third-order valence-electron chi connectivity index (χ3n) is 6.11. The van der Waals surface area contributed by atoms with Crippen LogP contribution in [0, 0.1) is 0 Å². The van der Waals surface area contributed by atoms with Gasteiger partial charge in [-0.1, -0.05) is 6.42 Å². The van der Waals surface area contributed by atoms with Crippen molar-refractivity contribution in [1.29, 1.82) is 0 Å². The summed E-state index contributed by atoms with van der Waals surface area (Å²) in [6, 6.07) is 0. The van der Waals surface area contributed by atoms with E-state index < -0.39 is 0 Å². The molecule has 170 valence electrons. The molecule has 2 fully saturated rings. The van der Waals surface area contributed by atoms with E-state index in [1.807, 2.05) is 0 Å². The molecule has 30 heavy (non-hydrogen) atoms. The van der Waals surface area contributed by atoms with Crippen molar-refractivity contribution >= 4 is 29.9 Å². The monoisotopic (exact) mass is 532 g/mol. The lowest BCUT2D eigenvalue weighted by molar-refractivity contribution is -0.0817. The Morgan fingerprint density at radius 1 is 1.10 bits per heavy atom. The number of nitrogens with zero attached hydrogens (tertiary/aromatic N) is 5. The third kappa shape index (κ3) is 6.06. The maximum absolute atomic E-state index is 5.99. The zero-order valence-electron chi connectivity index (χ0n) is 18.2. The second kappa shape index (κ2) is 12.2. The number of aliphatic imine (C=N–C) groups is 1. The summed E-state index contributed by atoms with van der Waals surface area (Å²) in [5.74, 6) is 3.30. The largest absolute Gasteiger partial charge is 0.375 e. The van der Waals surface area contributed by atoms with Gasteiger partial charge in [0.25, 0.3) is 0 Å². The fraction of sp³-hybridized carbons (Fsp3) is 0.857. The number of halogens is 1. The van der Waals surface area contributed by atoms with Gasteiger partial charge in [-0.15, -0.1) is 34.2 Å². The number of fused-ring (bicyclic) bond motifs is 1. The first-order chi connectivity index (χ1) is 14.3. The Labute approximate surface area is 197 Å². The van der Waals surface area contributed by atoms with Gasteiger partial charge in [0.05, 0.1) is 12.7 Å². The van der Waals surface area contributed by atoms with Crippen LogP contribution in [-0.4, -0.2) is 77.2 Å². The van der Waals surface area contributed by atoms with Crippen molar-refractivity contribution in [2.24, 2.45) is 4.99 Å². The van der Waals surface area contributed by atoms with Crippen molar-refractivity contribution in [3.63, 3.8) is 0 Å². The number of guanidine groups is 1. The predicted molar refractivity (Wildman–Crippen MR) is 128 cm³/mol. The highest BCUT2D eigenvalue weighted by molar-refractivity contribution is 14.0. The molecule has 0 aromatic carbocycles. The van der Waals surface area contributed by atoms with Crippen LogP contribution in [-0.2, 0) is 28.9 Å². The van der Waals surface area contributed by atoms with Gasteiger partial charge in [-0.05, 0) is 39.0 Å². The SMILES string of the molecule is CCNC(=NCCCc1nnc2n1CCCCC2)N1CCOC(C2CCCO2)C1.I. The number of morpholine rings is 1. The Kier molecular flexibility index (Phi) is 9.64. The maximum atomic E-state index is 5.99. The fourth-order valence-electron chi connectivity index (χ4n) is 4.57. The van der Waals surface area contributed by atoms with Crippen LogP contribution in [0.4, 0.5) is 0 Å². The van der Waals surface area contributed by atoms with E-state index in [-0.39, 0.29) is 36.2 Å². The summed E-state index contributed by atoms with van der Waals surface area (Å²) in [6.45, 7) is 8.21. The first kappa shape index (κ1) is 23.7. The van der Waals surface area contributed by atoms with Crippen LogP contribution < -0.4 is 5.32 Å². The van der Waals surface area contributed by atoms with E-state index in [1.165, 1.54) is 25.1 Å². The van der Waals surface area contributed by atoms with Gasteiger partial charge in [0.1, 0.15) is 17.8 Å². The molecule has 0 bridgehead atoms. The van der Waals surface area contributed by atoms with Crippen molar-refractivity contribution in [3.8, 4) is 0 Å². The zero-order chi connectivity index (χ0) is 19.9. The van der Waals surface area contributed by atoms with Crippen LogP contribution in [0.3, 0.4) is 0 Å². The Morgan fingerprint density at radius 3 is 2.83 bits per heavy atom. The summed E-state index contributed by atoms with van der Waals surface area (Å²) in [5, 5.41) is 12.3. The Morgan fingerprint density at radius 2 is 2.00 bits per heavy atom. The first-order valence-corrected chi connectivity index (χ1v) is 11.5. The molecule has 4 heterocycles. The van der Waals surface area contributed by atoms with Crippen molar-refractivity contribution in [2.75, 3.05) is 39.4 Å². The molecule has 2 atom stereocenters. The molecule has 0 amide bonds. The third-order valence-corrected chi connectivity index (χ3v) is 6.11. The minimum Gasteiger partial charge on any atom is -0.375 e. The number of hydrogen-bond acceptors (Lipinski definition) is 5. The summed E-state index contributed by atoms with van der Waals surface area (Å²) < 4.78 is 14.2. The highest BCUT2D eigenvalue weighted by Crippen LogP contribution is 2.21. The van der Waals surface area contributed by atoms with E-state index in [9.17, 15) is 0 Å². The molecule has 1 N–H and O–H groups in total. The number of aromatic nitrogens is 3. The number of hydrogen-bond donors (Lipinski definition) is 1. The second-order valence-electron chi connectivity index (χ2n) is 8.24. The van der Waals surface area contributed by atoms with Gasteiger partial charge in [-0.2, -0.15) is 0 Å². The lowest BCUT2D eigenvalue weighted by Gasteiger charge is -2.37. The quantitative estimate of drug-likeness (QED) is 0.263. The standard InChI is InChI=1S/C21H36N6O2.HI/c1-2-22-21(26-13-15-29-18(16-26)17-8-7-14-28-17)23-11-6-10-20-25-24-19-9-4-3-5-12-27(19)20;/h17-18H,2-16H2,1H3,(H,22,23);1H. The maximum Gasteiger partial charge on any atom is 0.194 e. The minimum atomic E-state index is 0. The van der Waals surface area contributed by atoms with E-state index in [4.69, 9.17) is 14.5 Å². The van der Waals surface area contributed by atoms with Crippen LogP contribution in [0.5, 0.6) is 0 Å². The van der Waals surface area contributed by atoms with E-state index in [0.29, 0.717) is 0 Å². The summed E-state index contributed by atoms with van der Waals surface area (Å²) in [4.78, 5) is 7.24. The van der Waals surface area contributed by atoms with Crippen LogP contribution in [0.25, 0.3) is 0 Å². The molecular formula is C21H37IN6O2. The normalized spacial score (nSPS) is 24.8. The van der Waals surface area contributed by atoms with Crippen molar-refractivity contribution < 1.29 is 9.47 Å². The second-order valence-corrected chi connectivity index (χ2v) is 8.24. The van der Waals surface area contributed by atoms with E-state index in [2.05, 4.69) is 31.9 Å². The van der Waals surface area contributed by atoms with Crippen molar-refractivity contribution in [3.05, 3.63) is 11.6 Å². The lowest BCUT2D eigenvalue weighted by Crippen LogP contribution is -2.53. The molecule has 0 radical (unpaired) electrons. The number of nitrogens with one attached hydrogen (secondary N) is 1. The van der Waals surface area contributed by atoms with Gasteiger partial charge in [0.2, 0.25) is 0 Å². The highest BCUT2D eigenvalue weighted by atomic mass is 127. The fourth-order valence-corrected chi connectivity index (χ4v) is 4.57. The van der Waals surface area contributed by atoms with Gasteiger partial charge >= 0.3 is 0 Å². The molecule has 0 spiro atoms. The molecule has 2 unspecified atom stereocenters. The van der Waals surface area contributed by atoms with Gasteiger partial charge in [-0.25, -0.2) is 0 Å². The Balaban J connectivity index is 0.00000256. The van der Waals surface area contributed by atoms with Crippen LogP contribution >= 0.6 is 24.0 Å². The average molecular weight is 532 g/mol. The van der Waals surface area contributed by atoms with Crippen LogP contribution in [0.2, 0.25) is 0 Å². The molecule has 1 aromatic rings. The van der Waals surface area contributed by atoms with Crippen molar-refractivity contribution in [2.45, 2.75) is 77.0 Å². The van der Waals surface area contributed by atoms with Gasteiger partial charge in [0.15, 0.2) is 5.96 Å². The molecule has 0 aliphatic carbocycles. The Bertz CT molecular complexity index is 676. The number of aryl methyl sites for hydroxylation is 2. The van der Waals surface area contributed by atoms with E-state index in [1.54, 1.807) is 0 Å². The summed E-state index contributed by atoms with van der Waals surface area (Å²) in [5.41, 5.74) is 0. The van der Waals surface area contributed by atoms with Crippen LogP contribution in [0.1, 0.15) is 57.1 Å². The van der Waals surface area contributed by atoms with Crippen molar-refractivity contribution in [1.82, 2.24) is 25.0 Å². The van der Waals surface area contributed by atoms with E-state index >= 15 is 0 Å². The molecule has 2 saturated heterocycles. The lowest BCUT2D eigenvalue weighted by atomic mass is 10.1. The highest BCUT2D eigenvalue weighted by Gasteiger charge is 2.32. The Hall–Kier alpha value is -0.940. The molecule has 3 aliphatic rings. The molecule has 1 aromatic heterocycles. The predicted octanol–water partition coefficient (Wildman–Crippen LogP) is 2.40. The number of rotatable bonds is 6. The van der Waals surface area contributed by atoms with Gasteiger partial charge in [0, 0.05) is 52.2 Å². The smallest absolute Gasteiger partial charge is 0.194 e. The summed E-state index contributed by atoms with van der Waals surface area (Å²) in [7, 11) is 0. The molecule has 9 heteroatoms. The number of ether oxygens (including phenoxy) is 2. The van der Waals surface area contributed by atoms with E-state index in [0.717, 1.165) is 89.8 Å². The average Bonchev–Trinajstić information content (AvgIpc) is 3.36. The van der Waals surface area contributed by atoms with Gasteiger partial charge in [-0.3, -0.25) is 4.99 Å². The van der Waals surface area contributed by atoms with Gasteiger partial charge < -0.3 is 24.3 Å². The zero-order valence-corrected chi connectivity index (χ0v) is 20.6. The molecule has 8 nitrogen and oxygen atoms in total. The minimum absolute atomic E-state index is 0. The summed E-state index contributed by atoms with van der Waals surface area (Å²) >= 11 is 0.